The molecule has 0 aromatic heterocycles. The van der Waals surface area contributed by atoms with Crippen LogP contribution in [0.2, 0.25) is 0 Å². The molecule has 0 radical (unpaired) electrons. The molecule has 96 valence electrons. The molecule has 1 aliphatic heterocycles. The Bertz CT molecular complexity index is 473. The minimum Gasteiger partial charge on any atom is -0.374 e. The van der Waals surface area contributed by atoms with E-state index in [1.54, 1.807) is 6.92 Å². The summed E-state index contributed by atoms with van der Waals surface area (Å²) in [6.45, 7) is 4.72. The fourth-order valence-corrected chi connectivity index (χ4v) is 1.96. The van der Waals surface area contributed by atoms with Gasteiger partial charge in [0, 0.05) is 18.8 Å². The summed E-state index contributed by atoms with van der Waals surface area (Å²) < 4.78 is 0. The van der Waals surface area contributed by atoms with E-state index in [0.717, 1.165) is 11.3 Å². The van der Waals surface area contributed by atoms with Crippen molar-refractivity contribution in [2.45, 2.75) is 19.9 Å². The number of carbonyl (C=O) groups excluding carboxylic acids is 2. The molecule has 1 aliphatic rings. The molecule has 2 rings (SSSR count). The molecule has 1 fully saturated rings. The van der Waals surface area contributed by atoms with Crippen LogP contribution in [0.1, 0.15) is 12.5 Å². The van der Waals surface area contributed by atoms with Crippen molar-refractivity contribution >= 4 is 17.6 Å². The number of hydrogen-bond donors (Lipinski definition) is 2. The number of nitrogens with one attached hydrogen (secondary N) is 2. The SMILES string of the molecule is Cc1cccc(NC(C)C(=O)N2CCNC2=O)c1. The van der Waals surface area contributed by atoms with Crippen molar-refractivity contribution in [3.8, 4) is 0 Å². The maximum atomic E-state index is 12.0. The maximum absolute atomic E-state index is 12.0. The normalized spacial score (nSPS) is 16.3. The van der Waals surface area contributed by atoms with E-state index in [1.165, 1.54) is 4.90 Å². The lowest BCUT2D eigenvalue weighted by Gasteiger charge is -2.19. The third-order valence-corrected chi connectivity index (χ3v) is 2.89. The van der Waals surface area contributed by atoms with Gasteiger partial charge in [0.15, 0.2) is 0 Å². The molecule has 2 N–H and O–H groups in total. The first-order valence-electron chi connectivity index (χ1n) is 6.00. The highest BCUT2D eigenvalue weighted by atomic mass is 16.2. The van der Waals surface area contributed by atoms with Gasteiger partial charge in [-0.05, 0) is 31.5 Å². The van der Waals surface area contributed by atoms with Gasteiger partial charge in [-0.25, -0.2) is 4.79 Å². The summed E-state index contributed by atoms with van der Waals surface area (Å²) in [4.78, 5) is 24.7. The fourth-order valence-electron chi connectivity index (χ4n) is 1.96. The number of amides is 3. The zero-order chi connectivity index (χ0) is 13.1. The molecule has 18 heavy (non-hydrogen) atoms. The summed E-state index contributed by atoms with van der Waals surface area (Å²) in [5.74, 6) is -0.202. The quantitative estimate of drug-likeness (QED) is 0.847. The number of anilines is 1. The van der Waals surface area contributed by atoms with Gasteiger partial charge in [0.2, 0.25) is 0 Å². The van der Waals surface area contributed by atoms with Crippen LogP contribution in [0.15, 0.2) is 24.3 Å². The first-order valence-corrected chi connectivity index (χ1v) is 6.00. The predicted octanol–water partition coefficient (Wildman–Crippen LogP) is 1.35. The average Bonchev–Trinajstić information content (AvgIpc) is 2.74. The Labute approximate surface area is 106 Å². The monoisotopic (exact) mass is 247 g/mol. The van der Waals surface area contributed by atoms with Gasteiger partial charge >= 0.3 is 6.03 Å². The van der Waals surface area contributed by atoms with Crippen molar-refractivity contribution in [1.29, 1.82) is 0 Å². The highest BCUT2D eigenvalue weighted by molar-refractivity contribution is 5.99. The number of rotatable bonds is 3. The number of benzene rings is 1. The molecule has 1 aromatic carbocycles. The summed E-state index contributed by atoms with van der Waals surface area (Å²) >= 11 is 0. The van der Waals surface area contributed by atoms with E-state index >= 15 is 0 Å². The molecule has 1 heterocycles. The van der Waals surface area contributed by atoms with Crippen molar-refractivity contribution in [3.63, 3.8) is 0 Å². The highest BCUT2D eigenvalue weighted by Gasteiger charge is 2.29. The van der Waals surface area contributed by atoms with E-state index < -0.39 is 6.04 Å². The van der Waals surface area contributed by atoms with E-state index in [9.17, 15) is 9.59 Å². The lowest BCUT2D eigenvalue weighted by atomic mass is 10.2. The van der Waals surface area contributed by atoms with E-state index in [2.05, 4.69) is 10.6 Å². The van der Waals surface area contributed by atoms with Crippen molar-refractivity contribution in [2.24, 2.45) is 0 Å². The summed E-state index contributed by atoms with van der Waals surface area (Å²) in [5.41, 5.74) is 2.01. The van der Waals surface area contributed by atoms with Crippen LogP contribution in [0, 0.1) is 6.92 Å². The summed E-state index contributed by atoms with van der Waals surface area (Å²) in [6.07, 6.45) is 0. The number of aryl methyl sites for hydroxylation is 1. The van der Waals surface area contributed by atoms with Crippen molar-refractivity contribution in [2.75, 3.05) is 18.4 Å². The standard InChI is InChI=1S/C13H17N3O2/c1-9-4-3-5-11(8-9)15-10(2)12(17)16-7-6-14-13(16)18/h3-5,8,10,15H,6-7H2,1-2H3,(H,14,18). The second kappa shape index (κ2) is 5.08. The third kappa shape index (κ3) is 2.61. The van der Waals surface area contributed by atoms with Crippen molar-refractivity contribution in [3.05, 3.63) is 29.8 Å². The molecule has 0 aliphatic carbocycles. The fraction of sp³-hybridized carbons (Fsp3) is 0.385. The topological polar surface area (TPSA) is 61.4 Å². The molecule has 1 unspecified atom stereocenters. The average molecular weight is 247 g/mol. The Morgan fingerprint density at radius 1 is 1.50 bits per heavy atom. The van der Waals surface area contributed by atoms with Crippen LogP contribution in [-0.4, -0.2) is 36.0 Å². The van der Waals surface area contributed by atoms with Crippen LogP contribution in [0.4, 0.5) is 10.5 Å². The van der Waals surface area contributed by atoms with Gasteiger partial charge in [0.25, 0.3) is 5.91 Å². The number of urea groups is 1. The Morgan fingerprint density at radius 2 is 2.28 bits per heavy atom. The lowest BCUT2D eigenvalue weighted by Crippen LogP contribution is -2.43. The summed E-state index contributed by atoms with van der Waals surface area (Å²) in [7, 11) is 0. The first-order chi connectivity index (χ1) is 8.58. The molecular weight excluding hydrogens is 230 g/mol. The van der Waals surface area contributed by atoms with Crippen LogP contribution in [0.5, 0.6) is 0 Å². The smallest absolute Gasteiger partial charge is 0.324 e. The Morgan fingerprint density at radius 3 is 2.89 bits per heavy atom. The van der Waals surface area contributed by atoms with Crippen molar-refractivity contribution < 1.29 is 9.59 Å². The molecule has 1 saturated heterocycles. The largest absolute Gasteiger partial charge is 0.374 e. The molecule has 5 nitrogen and oxygen atoms in total. The van der Waals surface area contributed by atoms with Crippen LogP contribution in [0.3, 0.4) is 0 Å². The second-order valence-corrected chi connectivity index (χ2v) is 4.46. The Kier molecular flexibility index (Phi) is 3.50. The predicted molar refractivity (Wildman–Crippen MR) is 69.4 cm³/mol. The van der Waals surface area contributed by atoms with Gasteiger partial charge in [0.1, 0.15) is 6.04 Å². The van der Waals surface area contributed by atoms with Crippen LogP contribution in [0.25, 0.3) is 0 Å². The second-order valence-electron chi connectivity index (χ2n) is 4.46. The number of imide groups is 1. The van der Waals surface area contributed by atoms with E-state index in [0.29, 0.717) is 13.1 Å². The third-order valence-electron chi connectivity index (χ3n) is 2.89. The minimum atomic E-state index is -0.421. The highest BCUT2D eigenvalue weighted by Crippen LogP contribution is 2.12. The Hall–Kier alpha value is -2.04. The zero-order valence-corrected chi connectivity index (χ0v) is 10.6. The molecule has 0 spiro atoms. The molecule has 1 atom stereocenters. The maximum Gasteiger partial charge on any atom is 0.324 e. The minimum absolute atomic E-state index is 0.202. The van der Waals surface area contributed by atoms with E-state index in [-0.39, 0.29) is 11.9 Å². The van der Waals surface area contributed by atoms with Gasteiger partial charge < -0.3 is 10.6 Å². The van der Waals surface area contributed by atoms with Crippen LogP contribution < -0.4 is 10.6 Å². The molecule has 0 bridgehead atoms. The number of carbonyl (C=O) groups is 2. The molecule has 3 amide bonds. The molecule has 0 saturated carbocycles. The van der Waals surface area contributed by atoms with Gasteiger partial charge in [-0.1, -0.05) is 12.1 Å². The lowest BCUT2D eigenvalue weighted by molar-refractivity contribution is -0.128. The van der Waals surface area contributed by atoms with Gasteiger partial charge in [-0.2, -0.15) is 0 Å². The first kappa shape index (κ1) is 12.4. The van der Waals surface area contributed by atoms with Gasteiger partial charge in [-0.15, -0.1) is 0 Å². The Balaban J connectivity index is 2.01. The molecular formula is C13H17N3O2. The van der Waals surface area contributed by atoms with E-state index in [1.807, 2.05) is 31.2 Å². The van der Waals surface area contributed by atoms with Crippen molar-refractivity contribution in [1.82, 2.24) is 10.2 Å². The van der Waals surface area contributed by atoms with Gasteiger partial charge in [0.05, 0.1) is 0 Å². The van der Waals surface area contributed by atoms with Crippen LogP contribution in [-0.2, 0) is 4.79 Å². The molecule has 5 heteroatoms. The summed E-state index contributed by atoms with van der Waals surface area (Å²) in [6, 6.07) is 7.06. The van der Waals surface area contributed by atoms with E-state index in [4.69, 9.17) is 0 Å². The summed E-state index contributed by atoms with van der Waals surface area (Å²) in [5, 5.41) is 5.73. The zero-order valence-electron chi connectivity index (χ0n) is 10.6. The number of nitrogens with zero attached hydrogens (tertiary/aromatic N) is 1. The molecule has 1 aromatic rings. The van der Waals surface area contributed by atoms with Crippen LogP contribution >= 0.6 is 0 Å². The van der Waals surface area contributed by atoms with Gasteiger partial charge in [-0.3, -0.25) is 9.69 Å². The number of hydrogen-bond acceptors (Lipinski definition) is 3.